The Hall–Kier alpha value is -2.73. The fraction of sp³-hybridized carbons (Fsp3) is 0.480. The molecule has 6 nitrogen and oxygen atoms in total. The van der Waals surface area contributed by atoms with Gasteiger partial charge in [0, 0.05) is 24.7 Å². The maximum atomic E-state index is 13.0. The SMILES string of the molecule is COc1ccc2c(c1)C(=O)N[C@]1(CC2)CCN([C@@H](C)Cc2ccc(OC)c(OC)c2)C1. The van der Waals surface area contributed by atoms with Gasteiger partial charge in [-0.15, -0.1) is 0 Å². The lowest BCUT2D eigenvalue weighted by Crippen LogP contribution is -2.50. The summed E-state index contributed by atoms with van der Waals surface area (Å²) in [5.74, 6) is 2.24. The van der Waals surface area contributed by atoms with E-state index in [9.17, 15) is 4.79 Å². The van der Waals surface area contributed by atoms with Crippen molar-refractivity contribution < 1.29 is 19.0 Å². The van der Waals surface area contributed by atoms with Crippen molar-refractivity contribution in [3.8, 4) is 17.2 Å². The first-order valence-corrected chi connectivity index (χ1v) is 10.9. The Morgan fingerprint density at radius 1 is 1.03 bits per heavy atom. The van der Waals surface area contributed by atoms with E-state index in [2.05, 4.69) is 29.3 Å². The highest BCUT2D eigenvalue weighted by atomic mass is 16.5. The van der Waals surface area contributed by atoms with Crippen molar-refractivity contribution in [3.05, 3.63) is 53.1 Å². The van der Waals surface area contributed by atoms with Gasteiger partial charge in [0.1, 0.15) is 5.75 Å². The molecule has 0 aromatic heterocycles. The summed E-state index contributed by atoms with van der Waals surface area (Å²) >= 11 is 0. The molecule has 2 heterocycles. The van der Waals surface area contributed by atoms with Crippen LogP contribution in [0, 0.1) is 0 Å². The number of carbonyl (C=O) groups is 1. The van der Waals surface area contributed by atoms with Gasteiger partial charge in [-0.1, -0.05) is 12.1 Å². The molecule has 0 radical (unpaired) electrons. The predicted octanol–water partition coefficient (Wildman–Crippen LogP) is 3.46. The second-order valence-electron chi connectivity index (χ2n) is 8.72. The van der Waals surface area contributed by atoms with Crippen molar-refractivity contribution in [2.75, 3.05) is 34.4 Å². The second-order valence-corrected chi connectivity index (χ2v) is 8.72. The maximum Gasteiger partial charge on any atom is 0.252 e. The monoisotopic (exact) mass is 424 g/mol. The Balaban J connectivity index is 1.44. The quantitative estimate of drug-likeness (QED) is 0.770. The van der Waals surface area contributed by atoms with Gasteiger partial charge in [0.05, 0.1) is 26.9 Å². The number of rotatable bonds is 6. The molecular weight excluding hydrogens is 392 g/mol. The molecule has 1 fully saturated rings. The third-order valence-electron chi connectivity index (χ3n) is 6.80. The number of ether oxygens (including phenoxy) is 3. The summed E-state index contributed by atoms with van der Waals surface area (Å²) in [7, 11) is 4.95. The van der Waals surface area contributed by atoms with Crippen LogP contribution in [-0.2, 0) is 12.8 Å². The minimum atomic E-state index is -0.171. The van der Waals surface area contributed by atoms with Crippen LogP contribution in [0.25, 0.3) is 0 Å². The van der Waals surface area contributed by atoms with Gasteiger partial charge in [0.2, 0.25) is 0 Å². The van der Waals surface area contributed by atoms with Gasteiger partial charge >= 0.3 is 0 Å². The number of amides is 1. The van der Waals surface area contributed by atoms with Gasteiger partial charge in [-0.2, -0.15) is 0 Å². The molecule has 2 atom stereocenters. The Morgan fingerprint density at radius 2 is 1.84 bits per heavy atom. The minimum absolute atomic E-state index is 0.0146. The molecule has 0 aliphatic carbocycles. The summed E-state index contributed by atoms with van der Waals surface area (Å²) in [6, 6.07) is 12.3. The molecule has 31 heavy (non-hydrogen) atoms. The highest BCUT2D eigenvalue weighted by molar-refractivity contribution is 5.97. The third kappa shape index (κ3) is 4.35. The van der Waals surface area contributed by atoms with Crippen molar-refractivity contribution >= 4 is 5.91 Å². The molecule has 1 spiro atoms. The Labute approximate surface area is 184 Å². The van der Waals surface area contributed by atoms with Crippen LogP contribution in [0.3, 0.4) is 0 Å². The van der Waals surface area contributed by atoms with Crippen molar-refractivity contribution in [2.24, 2.45) is 0 Å². The number of likely N-dealkylation sites (tertiary alicyclic amines) is 1. The van der Waals surface area contributed by atoms with E-state index in [0.717, 1.165) is 67.1 Å². The molecule has 2 aromatic rings. The summed E-state index contributed by atoms with van der Waals surface area (Å²) in [5, 5.41) is 3.37. The van der Waals surface area contributed by atoms with E-state index in [1.54, 1.807) is 21.3 Å². The van der Waals surface area contributed by atoms with Gasteiger partial charge in [-0.05, 0) is 68.0 Å². The molecule has 6 heteroatoms. The number of benzene rings is 2. The van der Waals surface area contributed by atoms with E-state index in [1.807, 2.05) is 24.3 Å². The summed E-state index contributed by atoms with van der Waals surface area (Å²) in [5.41, 5.74) is 2.89. The van der Waals surface area contributed by atoms with Gasteiger partial charge in [0.15, 0.2) is 11.5 Å². The molecular formula is C25H32N2O4. The molecule has 0 bridgehead atoms. The molecule has 2 aromatic carbocycles. The highest BCUT2D eigenvalue weighted by Gasteiger charge is 2.42. The van der Waals surface area contributed by atoms with Crippen LogP contribution in [0.4, 0.5) is 0 Å². The summed E-state index contributed by atoms with van der Waals surface area (Å²) in [6.45, 7) is 4.11. The number of methoxy groups -OCH3 is 3. The zero-order valence-corrected chi connectivity index (χ0v) is 18.9. The molecule has 4 rings (SSSR count). The lowest BCUT2D eigenvalue weighted by Gasteiger charge is -2.31. The smallest absolute Gasteiger partial charge is 0.252 e. The standard InChI is InChI=1S/C25H32N2O4/c1-17(13-18-5-8-22(30-3)23(14-18)31-4)27-12-11-25(16-27)10-9-19-6-7-20(29-2)15-21(19)24(28)26-25/h5-8,14-15,17H,9-13,16H2,1-4H3,(H,26,28)/t17-,25+/m0/s1. The van der Waals surface area contributed by atoms with E-state index >= 15 is 0 Å². The lowest BCUT2D eigenvalue weighted by atomic mass is 9.91. The van der Waals surface area contributed by atoms with Crippen LogP contribution in [-0.4, -0.2) is 56.8 Å². The van der Waals surface area contributed by atoms with Crippen molar-refractivity contribution in [1.82, 2.24) is 10.2 Å². The van der Waals surface area contributed by atoms with Crippen LogP contribution in [0.5, 0.6) is 17.2 Å². The topological polar surface area (TPSA) is 60.0 Å². The van der Waals surface area contributed by atoms with Gasteiger partial charge in [-0.3, -0.25) is 9.69 Å². The average Bonchev–Trinajstić information content (AvgIpc) is 3.15. The van der Waals surface area contributed by atoms with Gasteiger partial charge in [-0.25, -0.2) is 0 Å². The molecule has 1 saturated heterocycles. The fourth-order valence-electron chi connectivity index (χ4n) is 4.92. The third-order valence-corrected chi connectivity index (χ3v) is 6.80. The van der Waals surface area contributed by atoms with Gasteiger partial charge < -0.3 is 19.5 Å². The van der Waals surface area contributed by atoms with Gasteiger partial charge in [0.25, 0.3) is 5.91 Å². The maximum absolute atomic E-state index is 13.0. The molecule has 0 unspecified atom stereocenters. The van der Waals surface area contributed by atoms with E-state index < -0.39 is 0 Å². The number of hydrogen-bond donors (Lipinski definition) is 1. The normalized spacial score (nSPS) is 21.9. The Bertz CT molecular complexity index is 961. The predicted molar refractivity (Wildman–Crippen MR) is 120 cm³/mol. The van der Waals surface area contributed by atoms with Crippen LogP contribution in [0.2, 0.25) is 0 Å². The van der Waals surface area contributed by atoms with E-state index in [4.69, 9.17) is 14.2 Å². The van der Waals surface area contributed by atoms with Crippen LogP contribution < -0.4 is 19.5 Å². The number of nitrogens with one attached hydrogen (secondary N) is 1. The van der Waals surface area contributed by atoms with Crippen molar-refractivity contribution in [3.63, 3.8) is 0 Å². The number of aryl methyl sites for hydroxylation is 1. The van der Waals surface area contributed by atoms with E-state index in [1.165, 1.54) is 5.56 Å². The second kappa shape index (κ2) is 8.79. The van der Waals surface area contributed by atoms with E-state index in [-0.39, 0.29) is 11.4 Å². The first-order chi connectivity index (χ1) is 15.0. The summed E-state index contributed by atoms with van der Waals surface area (Å²) in [6.07, 6.45) is 3.75. The Morgan fingerprint density at radius 3 is 2.58 bits per heavy atom. The minimum Gasteiger partial charge on any atom is -0.497 e. The molecule has 1 N–H and O–H groups in total. The lowest BCUT2D eigenvalue weighted by molar-refractivity contribution is 0.0898. The van der Waals surface area contributed by atoms with Crippen LogP contribution >= 0.6 is 0 Å². The van der Waals surface area contributed by atoms with Crippen LogP contribution in [0.1, 0.15) is 41.3 Å². The van der Waals surface area contributed by atoms with E-state index in [0.29, 0.717) is 6.04 Å². The number of carbonyl (C=O) groups excluding carboxylic acids is 1. The highest BCUT2D eigenvalue weighted by Crippen LogP contribution is 2.34. The summed E-state index contributed by atoms with van der Waals surface area (Å²) < 4.78 is 16.1. The number of fused-ring (bicyclic) bond motifs is 1. The molecule has 2 aliphatic rings. The first kappa shape index (κ1) is 21.5. The first-order valence-electron chi connectivity index (χ1n) is 10.9. The molecule has 0 saturated carbocycles. The molecule has 2 aliphatic heterocycles. The fourth-order valence-corrected chi connectivity index (χ4v) is 4.92. The Kier molecular flexibility index (Phi) is 6.10. The number of nitrogens with zero attached hydrogens (tertiary/aromatic N) is 1. The zero-order chi connectivity index (χ0) is 22.0. The number of hydrogen-bond acceptors (Lipinski definition) is 5. The molecule has 166 valence electrons. The van der Waals surface area contributed by atoms with Crippen molar-refractivity contribution in [1.29, 1.82) is 0 Å². The average molecular weight is 425 g/mol. The zero-order valence-electron chi connectivity index (χ0n) is 18.9. The molecule has 1 amide bonds. The summed E-state index contributed by atoms with van der Waals surface area (Å²) in [4.78, 5) is 15.5. The largest absolute Gasteiger partial charge is 0.497 e. The van der Waals surface area contributed by atoms with Crippen LogP contribution in [0.15, 0.2) is 36.4 Å². The van der Waals surface area contributed by atoms with Crippen molar-refractivity contribution in [2.45, 2.75) is 44.2 Å².